The Morgan fingerprint density at radius 2 is 1.91 bits per heavy atom. The van der Waals surface area contributed by atoms with Crippen LogP contribution in [0.25, 0.3) is 0 Å². The molecule has 2 saturated carbocycles. The third-order valence-electron chi connectivity index (χ3n) is 7.11. The van der Waals surface area contributed by atoms with Crippen LogP contribution in [0.4, 0.5) is 10.1 Å². The second-order valence-electron chi connectivity index (χ2n) is 9.28. The topological polar surface area (TPSA) is 85.0 Å². The fraction of sp³-hybridized carbons (Fsp3) is 0.435. The van der Waals surface area contributed by atoms with E-state index in [1.54, 1.807) is 35.7 Å². The van der Waals surface area contributed by atoms with Crippen LogP contribution in [0.1, 0.15) is 53.5 Å². The SMILES string of the molecule is Cn1cnc(C2CC3CC(O)(c4cc(Cl)nn4C)CC3C2)c1C(=O)Nc1ccc(F)c(Cl)c1. The number of nitrogens with one attached hydrogen (secondary N) is 1. The van der Waals surface area contributed by atoms with Gasteiger partial charge in [0, 0.05) is 31.8 Å². The van der Waals surface area contributed by atoms with Crippen molar-refractivity contribution in [1.82, 2.24) is 19.3 Å². The van der Waals surface area contributed by atoms with Gasteiger partial charge in [-0.25, -0.2) is 9.37 Å². The van der Waals surface area contributed by atoms with Gasteiger partial charge in [0.05, 0.1) is 22.7 Å². The van der Waals surface area contributed by atoms with Crippen LogP contribution in [0.3, 0.4) is 0 Å². The number of carbonyl (C=O) groups is 1. The Morgan fingerprint density at radius 3 is 2.52 bits per heavy atom. The van der Waals surface area contributed by atoms with Crippen molar-refractivity contribution in [1.29, 1.82) is 0 Å². The van der Waals surface area contributed by atoms with Gasteiger partial charge in [-0.05, 0) is 55.7 Å². The van der Waals surface area contributed by atoms with Crippen molar-refractivity contribution in [2.45, 2.75) is 37.2 Å². The summed E-state index contributed by atoms with van der Waals surface area (Å²) in [6.45, 7) is 0. The van der Waals surface area contributed by atoms with Crippen molar-refractivity contribution in [3.8, 4) is 0 Å². The smallest absolute Gasteiger partial charge is 0.274 e. The van der Waals surface area contributed by atoms with Gasteiger partial charge in [0.1, 0.15) is 17.1 Å². The predicted molar refractivity (Wildman–Crippen MR) is 123 cm³/mol. The fourth-order valence-electron chi connectivity index (χ4n) is 5.75. The summed E-state index contributed by atoms with van der Waals surface area (Å²) in [6.07, 6.45) is 4.60. The van der Waals surface area contributed by atoms with Crippen LogP contribution in [-0.2, 0) is 19.7 Å². The highest BCUT2D eigenvalue weighted by molar-refractivity contribution is 6.31. The molecule has 1 amide bonds. The van der Waals surface area contributed by atoms with Crippen molar-refractivity contribution >= 4 is 34.8 Å². The lowest BCUT2D eigenvalue weighted by Crippen LogP contribution is -2.26. The second-order valence-corrected chi connectivity index (χ2v) is 10.1. The van der Waals surface area contributed by atoms with Gasteiger partial charge in [0.2, 0.25) is 0 Å². The molecule has 0 spiro atoms. The molecule has 0 saturated heterocycles. The second kappa shape index (κ2) is 8.11. The Labute approximate surface area is 200 Å². The summed E-state index contributed by atoms with van der Waals surface area (Å²) in [6, 6.07) is 5.82. The zero-order valence-corrected chi connectivity index (χ0v) is 19.7. The van der Waals surface area contributed by atoms with E-state index in [0.717, 1.165) is 24.2 Å². The lowest BCUT2D eigenvalue weighted by Gasteiger charge is -2.24. The summed E-state index contributed by atoms with van der Waals surface area (Å²) in [7, 11) is 3.58. The van der Waals surface area contributed by atoms with Crippen LogP contribution in [0.2, 0.25) is 10.2 Å². The number of carbonyl (C=O) groups excluding carboxylic acids is 1. The normalized spacial score (nSPS) is 26.5. The number of aliphatic hydroxyl groups is 1. The van der Waals surface area contributed by atoms with Gasteiger partial charge in [-0.2, -0.15) is 5.10 Å². The Morgan fingerprint density at radius 1 is 1.21 bits per heavy atom. The lowest BCUT2D eigenvalue weighted by atomic mass is 9.90. The number of anilines is 1. The Bertz CT molecular complexity index is 1230. The summed E-state index contributed by atoms with van der Waals surface area (Å²) in [5.74, 6) is -0.0871. The molecule has 2 unspecified atom stereocenters. The molecule has 2 aliphatic rings. The molecule has 174 valence electrons. The highest BCUT2D eigenvalue weighted by Crippen LogP contribution is 2.56. The van der Waals surface area contributed by atoms with Crippen molar-refractivity contribution in [2.24, 2.45) is 25.9 Å². The minimum atomic E-state index is -0.943. The Hall–Kier alpha value is -2.42. The lowest BCUT2D eigenvalue weighted by molar-refractivity contribution is 0.0263. The maximum atomic E-state index is 13.5. The van der Waals surface area contributed by atoms with Crippen molar-refractivity contribution in [3.05, 3.63) is 63.7 Å². The van der Waals surface area contributed by atoms with E-state index < -0.39 is 11.4 Å². The molecule has 2 aliphatic carbocycles. The minimum absolute atomic E-state index is 0.0520. The number of halogens is 3. The maximum absolute atomic E-state index is 13.5. The van der Waals surface area contributed by atoms with Gasteiger partial charge in [0.25, 0.3) is 5.91 Å². The standard InChI is InChI=1S/C23H24Cl2FN5O2/c1-30-11-27-20(21(30)22(32)28-15-3-4-17(26)16(24)7-15)12-5-13-9-23(33,10-14(13)6-12)18-8-19(25)29-31(18)2/h3-4,7-8,11-14,33H,5-6,9-10H2,1-2H3,(H,28,32). The first-order valence-corrected chi connectivity index (χ1v) is 11.6. The number of hydrogen-bond acceptors (Lipinski definition) is 4. The number of amides is 1. The monoisotopic (exact) mass is 491 g/mol. The summed E-state index contributed by atoms with van der Waals surface area (Å²) >= 11 is 11.9. The average Bonchev–Trinajstić information content (AvgIpc) is 3.46. The molecule has 3 aromatic rings. The largest absolute Gasteiger partial charge is 0.384 e. The number of aryl methyl sites for hydroxylation is 2. The van der Waals surface area contributed by atoms with E-state index >= 15 is 0 Å². The predicted octanol–water partition coefficient (Wildman–Crippen LogP) is 4.64. The molecule has 2 heterocycles. The number of rotatable bonds is 4. The first kappa shape index (κ1) is 22.4. The van der Waals surface area contributed by atoms with Crippen LogP contribution < -0.4 is 5.32 Å². The van der Waals surface area contributed by atoms with Gasteiger partial charge in [-0.3, -0.25) is 9.48 Å². The maximum Gasteiger partial charge on any atom is 0.274 e. The molecule has 5 rings (SSSR count). The van der Waals surface area contributed by atoms with Crippen LogP contribution in [0.5, 0.6) is 0 Å². The quantitative estimate of drug-likeness (QED) is 0.556. The summed E-state index contributed by atoms with van der Waals surface area (Å²) in [5, 5.41) is 18.6. The molecular weight excluding hydrogens is 468 g/mol. The first-order chi connectivity index (χ1) is 15.6. The van der Waals surface area contributed by atoms with Crippen molar-refractivity contribution in [3.63, 3.8) is 0 Å². The molecule has 2 atom stereocenters. The van der Waals surface area contributed by atoms with Gasteiger partial charge < -0.3 is 15.0 Å². The Kier molecular flexibility index (Phi) is 5.50. The highest BCUT2D eigenvalue weighted by atomic mass is 35.5. The molecule has 0 radical (unpaired) electrons. The molecule has 0 aliphatic heterocycles. The van der Waals surface area contributed by atoms with Crippen LogP contribution in [-0.4, -0.2) is 30.3 Å². The molecule has 2 fully saturated rings. The number of benzene rings is 1. The van der Waals surface area contributed by atoms with Crippen LogP contribution in [0.15, 0.2) is 30.6 Å². The van der Waals surface area contributed by atoms with E-state index in [1.165, 1.54) is 18.2 Å². The third kappa shape index (κ3) is 3.94. The van der Waals surface area contributed by atoms with Crippen LogP contribution >= 0.6 is 23.2 Å². The number of aromatic nitrogens is 4. The molecule has 2 aromatic heterocycles. The van der Waals surface area contributed by atoms with E-state index in [9.17, 15) is 14.3 Å². The van der Waals surface area contributed by atoms with Gasteiger partial charge in [-0.15, -0.1) is 0 Å². The van der Waals surface area contributed by atoms with E-state index in [2.05, 4.69) is 15.4 Å². The zero-order chi connectivity index (χ0) is 23.5. The van der Waals surface area contributed by atoms with E-state index in [4.69, 9.17) is 23.2 Å². The molecule has 0 bridgehead atoms. The molecular formula is C23H24Cl2FN5O2. The summed E-state index contributed by atoms with van der Waals surface area (Å²) in [4.78, 5) is 17.6. The molecule has 10 heteroatoms. The fourth-order valence-corrected chi connectivity index (χ4v) is 6.15. The van der Waals surface area contributed by atoms with Crippen LogP contribution in [0, 0.1) is 17.7 Å². The molecule has 7 nitrogen and oxygen atoms in total. The molecule has 2 N–H and O–H groups in total. The van der Waals surface area contributed by atoms with Crippen molar-refractivity contribution < 1.29 is 14.3 Å². The highest BCUT2D eigenvalue weighted by Gasteiger charge is 2.51. The Balaban J connectivity index is 1.33. The molecule has 1 aromatic carbocycles. The van der Waals surface area contributed by atoms with Gasteiger partial charge in [-0.1, -0.05) is 23.2 Å². The number of hydrogen-bond donors (Lipinski definition) is 2. The molecule has 33 heavy (non-hydrogen) atoms. The third-order valence-corrected chi connectivity index (χ3v) is 7.59. The average molecular weight is 492 g/mol. The zero-order valence-electron chi connectivity index (χ0n) is 18.2. The van der Waals surface area contributed by atoms with E-state index in [1.807, 2.05) is 0 Å². The van der Waals surface area contributed by atoms with Gasteiger partial charge >= 0.3 is 0 Å². The van der Waals surface area contributed by atoms with E-state index in [0.29, 0.717) is 41.2 Å². The number of imidazole rings is 1. The minimum Gasteiger partial charge on any atom is -0.384 e. The first-order valence-electron chi connectivity index (χ1n) is 10.8. The summed E-state index contributed by atoms with van der Waals surface area (Å²) < 4.78 is 16.8. The van der Waals surface area contributed by atoms with E-state index in [-0.39, 0.29) is 16.8 Å². The van der Waals surface area contributed by atoms with Gasteiger partial charge in [0.15, 0.2) is 5.15 Å². The number of nitrogens with zero attached hydrogens (tertiary/aromatic N) is 4. The number of fused-ring (bicyclic) bond motifs is 1. The van der Waals surface area contributed by atoms with Crippen molar-refractivity contribution in [2.75, 3.05) is 5.32 Å². The summed E-state index contributed by atoms with van der Waals surface area (Å²) in [5.41, 5.74) is 1.45.